The second-order valence-corrected chi connectivity index (χ2v) is 6.32. The molecule has 1 aromatic carbocycles. The van der Waals surface area contributed by atoms with Crippen molar-refractivity contribution in [3.8, 4) is 5.75 Å². The van der Waals surface area contributed by atoms with Crippen molar-refractivity contribution in [1.82, 2.24) is 5.43 Å². The van der Waals surface area contributed by atoms with Crippen molar-refractivity contribution in [2.24, 2.45) is 5.10 Å². The number of hydrogen-bond donors (Lipinski definition) is 1. The van der Waals surface area contributed by atoms with E-state index in [1.807, 2.05) is 43.5 Å². The molecule has 110 valence electrons. The Morgan fingerprint density at radius 2 is 2.19 bits per heavy atom. The van der Waals surface area contributed by atoms with Crippen LogP contribution < -0.4 is 10.2 Å². The molecule has 1 amide bonds. The van der Waals surface area contributed by atoms with Gasteiger partial charge in [0.25, 0.3) is 5.91 Å². The van der Waals surface area contributed by atoms with Gasteiger partial charge in [0, 0.05) is 9.35 Å². The summed E-state index contributed by atoms with van der Waals surface area (Å²) >= 11 is 4.96. The standard InChI is InChI=1S/C15H15BrN2O2S/c1-10-5-6-21-14(10)8-17-18-15(19)9-20-13-4-3-12(16)7-11(13)2/h3-8H,9H2,1-2H3,(H,18,19)/b17-8+. The summed E-state index contributed by atoms with van der Waals surface area (Å²) in [7, 11) is 0. The average Bonchev–Trinajstić information content (AvgIpc) is 2.83. The van der Waals surface area contributed by atoms with Crippen molar-refractivity contribution >= 4 is 39.4 Å². The van der Waals surface area contributed by atoms with E-state index in [0.717, 1.165) is 20.5 Å². The predicted octanol–water partition coefficient (Wildman–Crippen LogP) is 3.66. The van der Waals surface area contributed by atoms with E-state index in [9.17, 15) is 4.79 Å². The lowest BCUT2D eigenvalue weighted by molar-refractivity contribution is -0.123. The summed E-state index contributed by atoms with van der Waals surface area (Å²) < 4.78 is 6.44. The lowest BCUT2D eigenvalue weighted by Crippen LogP contribution is -2.24. The Hall–Kier alpha value is -1.66. The SMILES string of the molecule is Cc1cc(Br)ccc1OCC(=O)N/N=C/c1sccc1C. The summed E-state index contributed by atoms with van der Waals surface area (Å²) in [6, 6.07) is 7.64. The van der Waals surface area contributed by atoms with Crippen molar-refractivity contribution in [3.63, 3.8) is 0 Å². The fraction of sp³-hybridized carbons (Fsp3) is 0.200. The van der Waals surface area contributed by atoms with Crippen molar-refractivity contribution in [1.29, 1.82) is 0 Å². The summed E-state index contributed by atoms with van der Waals surface area (Å²) in [5.74, 6) is 0.397. The second kappa shape index (κ2) is 7.38. The van der Waals surface area contributed by atoms with Gasteiger partial charge in [0.1, 0.15) is 5.75 Å². The van der Waals surface area contributed by atoms with Crippen molar-refractivity contribution in [3.05, 3.63) is 50.1 Å². The van der Waals surface area contributed by atoms with Crippen LogP contribution in [0.5, 0.6) is 5.75 Å². The minimum absolute atomic E-state index is 0.0662. The molecule has 6 heteroatoms. The fourth-order valence-electron chi connectivity index (χ4n) is 1.63. The van der Waals surface area contributed by atoms with Crippen LogP contribution in [0.2, 0.25) is 0 Å². The zero-order valence-corrected chi connectivity index (χ0v) is 14.1. The third-order valence-electron chi connectivity index (χ3n) is 2.77. The Labute approximate surface area is 136 Å². The monoisotopic (exact) mass is 366 g/mol. The lowest BCUT2D eigenvalue weighted by Gasteiger charge is -2.08. The van der Waals surface area contributed by atoms with Gasteiger partial charge in [-0.1, -0.05) is 15.9 Å². The van der Waals surface area contributed by atoms with Gasteiger partial charge in [0.15, 0.2) is 6.61 Å². The number of carbonyl (C=O) groups excluding carboxylic acids is 1. The van der Waals surface area contributed by atoms with Gasteiger partial charge in [-0.05, 0) is 54.6 Å². The van der Waals surface area contributed by atoms with E-state index >= 15 is 0 Å². The molecule has 0 aliphatic carbocycles. The van der Waals surface area contributed by atoms with Gasteiger partial charge in [0.05, 0.1) is 6.21 Å². The van der Waals surface area contributed by atoms with E-state index < -0.39 is 0 Å². The molecule has 0 spiro atoms. The normalized spacial score (nSPS) is 10.8. The topological polar surface area (TPSA) is 50.7 Å². The first kappa shape index (κ1) is 15.7. The summed E-state index contributed by atoms with van der Waals surface area (Å²) in [6.45, 7) is 3.86. The highest BCUT2D eigenvalue weighted by atomic mass is 79.9. The van der Waals surface area contributed by atoms with Crippen LogP contribution >= 0.6 is 27.3 Å². The Morgan fingerprint density at radius 3 is 2.86 bits per heavy atom. The Kier molecular flexibility index (Phi) is 5.52. The van der Waals surface area contributed by atoms with Crippen LogP contribution in [-0.4, -0.2) is 18.7 Å². The van der Waals surface area contributed by atoms with E-state index in [-0.39, 0.29) is 12.5 Å². The first-order valence-corrected chi connectivity index (χ1v) is 7.98. The number of rotatable bonds is 5. The maximum atomic E-state index is 11.7. The molecule has 0 aliphatic heterocycles. The minimum Gasteiger partial charge on any atom is -0.483 e. The molecule has 2 rings (SSSR count). The molecule has 0 atom stereocenters. The molecule has 0 aliphatic rings. The molecular formula is C15H15BrN2O2S. The fourth-order valence-corrected chi connectivity index (χ4v) is 2.89. The maximum Gasteiger partial charge on any atom is 0.277 e. The van der Waals surface area contributed by atoms with Crippen LogP contribution in [0.1, 0.15) is 16.0 Å². The lowest BCUT2D eigenvalue weighted by atomic mass is 10.2. The third-order valence-corrected chi connectivity index (χ3v) is 4.22. The maximum absolute atomic E-state index is 11.7. The number of hydrogen-bond acceptors (Lipinski definition) is 4. The van der Waals surface area contributed by atoms with E-state index in [0.29, 0.717) is 5.75 Å². The van der Waals surface area contributed by atoms with Gasteiger partial charge in [-0.3, -0.25) is 4.79 Å². The molecule has 0 bridgehead atoms. The number of thiophene rings is 1. The molecule has 0 saturated carbocycles. The van der Waals surface area contributed by atoms with Crippen molar-refractivity contribution < 1.29 is 9.53 Å². The zero-order chi connectivity index (χ0) is 15.2. The quantitative estimate of drug-likeness (QED) is 0.648. The van der Waals surface area contributed by atoms with E-state index in [2.05, 4.69) is 26.5 Å². The summed E-state index contributed by atoms with van der Waals surface area (Å²) in [5, 5.41) is 5.91. The zero-order valence-electron chi connectivity index (χ0n) is 11.7. The molecule has 1 aromatic heterocycles. The van der Waals surface area contributed by atoms with E-state index in [1.54, 1.807) is 17.6 Å². The van der Waals surface area contributed by atoms with Gasteiger partial charge in [-0.25, -0.2) is 5.43 Å². The smallest absolute Gasteiger partial charge is 0.277 e. The molecule has 0 unspecified atom stereocenters. The second-order valence-electron chi connectivity index (χ2n) is 4.46. The van der Waals surface area contributed by atoms with Gasteiger partial charge in [-0.2, -0.15) is 5.10 Å². The van der Waals surface area contributed by atoms with Crippen LogP contribution in [0.4, 0.5) is 0 Å². The average molecular weight is 367 g/mol. The number of halogens is 1. The minimum atomic E-state index is -0.289. The van der Waals surface area contributed by atoms with Gasteiger partial charge in [-0.15, -0.1) is 11.3 Å². The van der Waals surface area contributed by atoms with Crippen LogP contribution in [0, 0.1) is 13.8 Å². The molecule has 4 nitrogen and oxygen atoms in total. The number of aryl methyl sites for hydroxylation is 2. The van der Waals surface area contributed by atoms with Gasteiger partial charge < -0.3 is 4.74 Å². The van der Waals surface area contributed by atoms with Crippen LogP contribution in [0.15, 0.2) is 39.2 Å². The molecule has 1 heterocycles. The number of amides is 1. The van der Waals surface area contributed by atoms with E-state index in [1.165, 1.54) is 0 Å². The number of benzene rings is 1. The van der Waals surface area contributed by atoms with E-state index in [4.69, 9.17) is 4.74 Å². The van der Waals surface area contributed by atoms with Gasteiger partial charge in [0.2, 0.25) is 0 Å². The van der Waals surface area contributed by atoms with Crippen molar-refractivity contribution in [2.75, 3.05) is 6.61 Å². The number of carbonyl (C=O) groups is 1. The molecule has 1 N–H and O–H groups in total. The number of hydrazone groups is 1. The number of ether oxygens (including phenoxy) is 1. The first-order valence-electron chi connectivity index (χ1n) is 6.31. The Morgan fingerprint density at radius 1 is 1.38 bits per heavy atom. The van der Waals surface area contributed by atoms with Crippen molar-refractivity contribution in [2.45, 2.75) is 13.8 Å². The first-order chi connectivity index (χ1) is 10.1. The molecule has 0 fully saturated rings. The third kappa shape index (κ3) is 4.68. The predicted molar refractivity (Wildman–Crippen MR) is 89.2 cm³/mol. The number of nitrogens with zero attached hydrogens (tertiary/aromatic N) is 1. The molecule has 0 radical (unpaired) electrons. The van der Waals surface area contributed by atoms with Crippen LogP contribution in [0.25, 0.3) is 0 Å². The molecule has 0 saturated heterocycles. The highest BCUT2D eigenvalue weighted by Crippen LogP contribution is 2.21. The van der Waals surface area contributed by atoms with Gasteiger partial charge >= 0.3 is 0 Å². The molecule has 2 aromatic rings. The van der Waals surface area contributed by atoms with Crippen LogP contribution in [0.3, 0.4) is 0 Å². The van der Waals surface area contributed by atoms with Crippen LogP contribution in [-0.2, 0) is 4.79 Å². The summed E-state index contributed by atoms with van der Waals surface area (Å²) in [4.78, 5) is 12.7. The summed E-state index contributed by atoms with van der Waals surface area (Å²) in [6.07, 6.45) is 1.64. The summed E-state index contributed by atoms with van der Waals surface area (Å²) in [5.41, 5.74) is 4.56. The Balaban J connectivity index is 1.82. The number of nitrogens with one attached hydrogen (secondary N) is 1. The largest absolute Gasteiger partial charge is 0.483 e. The highest BCUT2D eigenvalue weighted by molar-refractivity contribution is 9.10. The highest BCUT2D eigenvalue weighted by Gasteiger charge is 2.04. The molecular weight excluding hydrogens is 352 g/mol. The Bertz CT molecular complexity index is 667. The molecule has 21 heavy (non-hydrogen) atoms.